The summed E-state index contributed by atoms with van der Waals surface area (Å²) in [6.45, 7) is 5.69. The van der Waals surface area contributed by atoms with Crippen molar-refractivity contribution in [2.45, 2.75) is 24.6 Å². The lowest BCUT2D eigenvalue weighted by Gasteiger charge is -2.08. The molecule has 1 unspecified atom stereocenters. The Labute approximate surface area is 94.9 Å². The largest absolute Gasteiger partial charge is 0.311 e. The van der Waals surface area contributed by atoms with Crippen LogP contribution in [0, 0.1) is 0 Å². The van der Waals surface area contributed by atoms with E-state index in [0.29, 0.717) is 0 Å². The van der Waals surface area contributed by atoms with Crippen molar-refractivity contribution in [3.05, 3.63) is 24.5 Å². The summed E-state index contributed by atoms with van der Waals surface area (Å²) < 4.78 is 1.74. The molecule has 0 aliphatic carbocycles. The molecule has 15 heavy (non-hydrogen) atoms. The maximum atomic E-state index is 4.14. The van der Waals surface area contributed by atoms with Crippen LogP contribution in [0.4, 0.5) is 0 Å². The van der Waals surface area contributed by atoms with E-state index in [0.717, 1.165) is 18.3 Å². The summed E-state index contributed by atoms with van der Waals surface area (Å²) in [5, 5.41) is 8.43. The topological polar surface area (TPSA) is 29.9 Å². The van der Waals surface area contributed by atoms with Gasteiger partial charge in [0.05, 0.1) is 6.20 Å². The molecule has 1 aromatic heterocycles. The van der Waals surface area contributed by atoms with E-state index >= 15 is 0 Å². The first-order valence-electron chi connectivity index (χ1n) is 5.36. The molecule has 2 rings (SSSR count). The fraction of sp³-hybridized carbons (Fsp3) is 0.545. The van der Waals surface area contributed by atoms with Crippen LogP contribution in [0.5, 0.6) is 0 Å². The Kier molecular flexibility index (Phi) is 3.86. The van der Waals surface area contributed by atoms with E-state index < -0.39 is 0 Å². The quantitative estimate of drug-likeness (QED) is 0.827. The summed E-state index contributed by atoms with van der Waals surface area (Å²) in [5.74, 6) is 1.33. The monoisotopic (exact) mass is 223 g/mol. The van der Waals surface area contributed by atoms with E-state index in [1.807, 2.05) is 12.4 Å². The molecule has 1 fully saturated rings. The van der Waals surface area contributed by atoms with E-state index in [1.54, 1.807) is 10.9 Å². The second kappa shape index (κ2) is 5.37. The maximum Gasteiger partial charge on any atom is 0.0538 e. The van der Waals surface area contributed by atoms with Crippen LogP contribution in [0.15, 0.2) is 19.0 Å². The zero-order valence-electron chi connectivity index (χ0n) is 8.85. The molecule has 0 aromatic carbocycles. The number of thioether (sulfide) groups is 1. The van der Waals surface area contributed by atoms with E-state index in [2.05, 4.69) is 28.8 Å². The normalized spacial score (nSPS) is 20.7. The van der Waals surface area contributed by atoms with Gasteiger partial charge in [0.15, 0.2) is 0 Å². The van der Waals surface area contributed by atoms with Crippen LogP contribution in [-0.2, 0) is 6.54 Å². The third-order valence-corrected chi connectivity index (χ3v) is 3.97. The third-order valence-electron chi connectivity index (χ3n) is 2.57. The van der Waals surface area contributed by atoms with Gasteiger partial charge in [0.25, 0.3) is 0 Å². The molecule has 1 aliphatic rings. The summed E-state index contributed by atoms with van der Waals surface area (Å²) in [6.07, 6.45) is 8.34. The van der Waals surface area contributed by atoms with Crippen LogP contribution in [0.25, 0.3) is 6.20 Å². The van der Waals surface area contributed by atoms with Gasteiger partial charge in [-0.15, -0.1) is 0 Å². The smallest absolute Gasteiger partial charge is 0.0538 e. The molecule has 1 N–H and O–H groups in total. The highest BCUT2D eigenvalue weighted by atomic mass is 32.2. The average Bonchev–Trinajstić information content (AvgIpc) is 2.88. The molecule has 0 bridgehead atoms. The van der Waals surface area contributed by atoms with Crippen molar-refractivity contribution in [2.24, 2.45) is 0 Å². The van der Waals surface area contributed by atoms with Gasteiger partial charge in [-0.1, -0.05) is 6.58 Å². The molecule has 0 amide bonds. The zero-order valence-corrected chi connectivity index (χ0v) is 9.67. The van der Waals surface area contributed by atoms with Gasteiger partial charge in [-0.2, -0.15) is 16.9 Å². The minimum absolute atomic E-state index is 0.819. The van der Waals surface area contributed by atoms with Crippen molar-refractivity contribution in [1.82, 2.24) is 15.1 Å². The SMILES string of the molecule is C=Cn1cc(CNCC2CCCS2)cn1. The summed E-state index contributed by atoms with van der Waals surface area (Å²) >= 11 is 2.09. The molecule has 0 saturated carbocycles. The van der Waals surface area contributed by atoms with Gasteiger partial charge in [-0.25, -0.2) is 4.68 Å². The zero-order chi connectivity index (χ0) is 10.5. The molecular formula is C11H17N3S. The predicted octanol–water partition coefficient (Wildman–Crippen LogP) is 1.97. The van der Waals surface area contributed by atoms with Crippen molar-refractivity contribution in [1.29, 1.82) is 0 Å². The Hall–Kier alpha value is -0.740. The van der Waals surface area contributed by atoms with Crippen molar-refractivity contribution in [3.63, 3.8) is 0 Å². The fourth-order valence-electron chi connectivity index (χ4n) is 1.75. The number of hydrogen-bond acceptors (Lipinski definition) is 3. The van der Waals surface area contributed by atoms with Gasteiger partial charge in [0.1, 0.15) is 0 Å². The second-order valence-electron chi connectivity index (χ2n) is 3.78. The molecular weight excluding hydrogens is 206 g/mol. The van der Waals surface area contributed by atoms with E-state index in [9.17, 15) is 0 Å². The lowest BCUT2D eigenvalue weighted by Crippen LogP contribution is -2.22. The van der Waals surface area contributed by atoms with Crippen molar-refractivity contribution in [3.8, 4) is 0 Å². The Bertz CT molecular complexity index is 315. The highest BCUT2D eigenvalue weighted by Gasteiger charge is 2.14. The number of hydrogen-bond donors (Lipinski definition) is 1. The molecule has 0 spiro atoms. The number of aromatic nitrogens is 2. The summed E-state index contributed by atoms with van der Waals surface area (Å²) in [5.41, 5.74) is 1.22. The minimum atomic E-state index is 0.819. The Morgan fingerprint density at radius 1 is 1.73 bits per heavy atom. The molecule has 1 saturated heterocycles. The maximum absolute atomic E-state index is 4.14. The average molecular weight is 223 g/mol. The lowest BCUT2D eigenvalue weighted by atomic mass is 10.2. The molecule has 1 atom stereocenters. The Balaban J connectivity index is 1.70. The molecule has 1 aromatic rings. The molecule has 82 valence electrons. The van der Waals surface area contributed by atoms with Gasteiger partial charge >= 0.3 is 0 Å². The van der Waals surface area contributed by atoms with Crippen LogP contribution >= 0.6 is 11.8 Å². The van der Waals surface area contributed by atoms with Gasteiger partial charge in [-0.3, -0.25) is 0 Å². The highest BCUT2D eigenvalue weighted by Crippen LogP contribution is 2.25. The van der Waals surface area contributed by atoms with Crippen LogP contribution < -0.4 is 5.32 Å². The van der Waals surface area contributed by atoms with Crippen LogP contribution in [0.2, 0.25) is 0 Å². The molecule has 2 heterocycles. The Morgan fingerprint density at radius 2 is 2.67 bits per heavy atom. The van der Waals surface area contributed by atoms with Crippen LogP contribution in [0.1, 0.15) is 18.4 Å². The van der Waals surface area contributed by atoms with Gasteiger partial charge in [0, 0.05) is 36.3 Å². The first-order chi connectivity index (χ1) is 7.38. The summed E-state index contributed by atoms with van der Waals surface area (Å²) in [6, 6.07) is 0. The fourth-order valence-corrected chi connectivity index (χ4v) is 2.99. The van der Waals surface area contributed by atoms with E-state index in [4.69, 9.17) is 0 Å². The van der Waals surface area contributed by atoms with Crippen molar-refractivity contribution in [2.75, 3.05) is 12.3 Å². The highest BCUT2D eigenvalue weighted by molar-refractivity contribution is 8.00. The molecule has 4 heteroatoms. The molecule has 1 aliphatic heterocycles. The van der Waals surface area contributed by atoms with Gasteiger partial charge < -0.3 is 5.32 Å². The first-order valence-corrected chi connectivity index (χ1v) is 6.41. The third kappa shape index (κ3) is 3.11. The number of rotatable bonds is 5. The lowest BCUT2D eigenvalue weighted by molar-refractivity contribution is 0.646. The van der Waals surface area contributed by atoms with Crippen molar-refractivity contribution >= 4 is 18.0 Å². The van der Waals surface area contributed by atoms with E-state index in [1.165, 1.54) is 24.2 Å². The second-order valence-corrected chi connectivity index (χ2v) is 5.19. The predicted molar refractivity (Wildman–Crippen MR) is 65.8 cm³/mol. The van der Waals surface area contributed by atoms with Gasteiger partial charge in [-0.05, 0) is 18.6 Å². The summed E-state index contributed by atoms with van der Waals surface area (Å²) in [7, 11) is 0. The molecule has 0 radical (unpaired) electrons. The summed E-state index contributed by atoms with van der Waals surface area (Å²) in [4.78, 5) is 0. The number of nitrogens with one attached hydrogen (secondary N) is 1. The van der Waals surface area contributed by atoms with Crippen LogP contribution in [-0.4, -0.2) is 27.3 Å². The standard InChI is InChI=1S/C11H17N3S/c1-2-14-9-10(7-13-14)6-12-8-11-4-3-5-15-11/h2,7,9,11-12H,1,3-6,8H2. The first kappa shape index (κ1) is 10.8. The van der Waals surface area contributed by atoms with Crippen molar-refractivity contribution < 1.29 is 0 Å². The minimum Gasteiger partial charge on any atom is -0.311 e. The Morgan fingerprint density at radius 3 is 3.33 bits per heavy atom. The van der Waals surface area contributed by atoms with E-state index in [-0.39, 0.29) is 0 Å². The van der Waals surface area contributed by atoms with Crippen LogP contribution in [0.3, 0.4) is 0 Å². The molecule has 3 nitrogen and oxygen atoms in total. The van der Waals surface area contributed by atoms with Gasteiger partial charge in [0.2, 0.25) is 0 Å². The number of nitrogens with zero attached hydrogens (tertiary/aromatic N) is 2.